The minimum atomic E-state index is -3.52. The molecule has 0 radical (unpaired) electrons. The normalized spacial score (nSPS) is 11.2. The summed E-state index contributed by atoms with van der Waals surface area (Å²) in [5.41, 5.74) is 0. The largest absolute Gasteiger partial charge is 0.534 e. The maximum Gasteiger partial charge on any atom is 0.534 e. The molecule has 0 unspecified atom stereocenters. The van der Waals surface area contributed by atoms with Crippen molar-refractivity contribution in [1.82, 2.24) is 0 Å². The van der Waals surface area contributed by atoms with Crippen LogP contribution < -0.4 is 10.4 Å². The van der Waals surface area contributed by atoms with Crippen LogP contribution in [0.2, 0.25) is 0 Å². The van der Waals surface area contributed by atoms with Crippen molar-refractivity contribution in [3.63, 3.8) is 0 Å². The topological polar surface area (TPSA) is 52.6 Å². The van der Waals surface area contributed by atoms with Gasteiger partial charge in [-0.05, 0) is 12.8 Å². The molecular formula is C28H40O4Si. The average Bonchev–Trinajstić information content (AvgIpc) is 2.84. The smallest absolute Gasteiger partial charge is 0.478 e. The summed E-state index contributed by atoms with van der Waals surface area (Å²) in [7, 11) is -3.52. The molecule has 180 valence electrons. The maximum absolute atomic E-state index is 13.0. The Morgan fingerprint density at radius 1 is 0.576 bits per heavy atom. The highest BCUT2D eigenvalue weighted by Crippen LogP contribution is 2.16. The summed E-state index contributed by atoms with van der Waals surface area (Å²) in [4.78, 5) is 25.9. The molecule has 0 atom stereocenters. The lowest BCUT2D eigenvalue weighted by Crippen LogP contribution is -2.65. The van der Waals surface area contributed by atoms with Gasteiger partial charge in [0.25, 0.3) is 11.9 Å². The molecule has 0 aliphatic rings. The van der Waals surface area contributed by atoms with Gasteiger partial charge in [-0.3, -0.25) is 9.59 Å². The van der Waals surface area contributed by atoms with E-state index in [9.17, 15) is 9.59 Å². The van der Waals surface area contributed by atoms with Crippen molar-refractivity contribution in [2.45, 2.75) is 90.9 Å². The fourth-order valence-corrected chi connectivity index (χ4v) is 6.86. The molecule has 0 aliphatic heterocycles. The predicted molar refractivity (Wildman–Crippen MR) is 137 cm³/mol. The lowest BCUT2D eigenvalue weighted by Gasteiger charge is -2.30. The van der Waals surface area contributed by atoms with Gasteiger partial charge in [-0.1, -0.05) is 126 Å². The van der Waals surface area contributed by atoms with E-state index >= 15 is 0 Å². The number of carbonyl (C=O) groups is 2. The molecule has 0 spiro atoms. The van der Waals surface area contributed by atoms with Crippen LogP contribution in [0.3, 0.4) is 0 Å². The van der Waals surface area contributed by atoms with E-state index < -0.39 is 8.56 Å². The number of carbonyl (C=O) groups excluding carboxylic acids is 2. The van der Waals surface area contributed by atoms with Gasteiger partial charge >= 0.3 is 8.56 Å². The molecule has 2 aromatic rings. The van der Waals surface area contributed by atoms with Gasteiger partial charge in [-0.25, -0.2) is 0 Å². The van der Waals surface area contributed by atoms with Crippen LogP contribution in [0.15, 0.2) is 60.7 Å². The summed E-state index contributed by atoms with van der Waals surface area (Å²) < 4.78 is 12.4. The zero-order chi connectivity index (χ0) is 23.8. The lowest BCUT2D eigenvalue weighted by atomic mass is 10.1. The molecule has 0 fully saturated rings. The van der Waals surface area contributed by atoms with Gasteiger partial charge < -0.3 is 8.85 Å². The number of unbranched alkanes of at least 4 members (excludes halogenated alkanes) is 8. The fourth-order valence-electron chi connectivity index (χ4n) is 3.91. The van der Waals surface area contributed by atoms with Gasteiger partial charge in [-0.15, -0.1) is 0 Å². The van der Waals surface area contributed by atoms with Gasteiger partial charge in [-0.2, -0.15) is 0 Å². The first-order valence-corrected chi connectivity index (χ1v) is 14.5. The van der Waals surface area contributed by atoms with E-state index in [1.54, 1.807) is 0 Å². The Morgan fingerprint density at radius 3 is 1.30 bits per heavy atom. The maximum atomic E-state index is 13.0. The number of hydrogen-bond donors (Lipinski definition) is 0. The zero-order valence-corrected chi connectivity index (χ0v) is 21.4. The van der Waals surface area contributed by atoms with Crippen molar-refractivity contribution >= 4 is 30.9 Å². The molecule has 5 heteroatoms. The Balaban J connectivity index is 2.23. The van der Waals surface area contributed by atoms with E-state index in [-0.39, 0.29) is 11.9 Å². The molecule has 4 nitrogen and oxygen atoms in total. The van der Waals surface area contributed by atoms with Crippen molar-refractivity contribution in [3.05, 3.63) is 60.7 Å². The summed E-state index contributed by atoms with van der Waals surface area (Å²) in [6.07, 6.45) is 11.2. The molecule has 0 amide bonds. The van der Waals surface area contributed by atoms with Crippen LogP contribution in [0.5, 0.6) is 0 Å². The number of benzene rings is 2. The highest BCUT2D eigenvalue weighted by atomic mass is 28.4. The van der Waals surface area contributed by atoms with E-state index in [0.717, 1.165) is 61.7 Å². The molecule has 0 saturated heterocycles. The molecule has 0 aromatic heterocycles. The Labute approximate surface area is 201 Å². The van der Waals surface area contributed by atoms with Gasteiger partial charge in [0.15, 0.2) is 0 Å². The Kier molecular flexibility index (Phi) is 12.6. The third-order valence-electron chi connectivity index (χ3n) is 5.79. The molecule has 0 saturated carbocycles. The summed E-state index contributed by atoms with van der Waals surface area (Å²) >= 11 is 0. The van der Waals surface area contributed by atoms with Crippen LogP contribution in [-0.4, -0.2) is 20.5 Å². The Morgan fingerprint density at radius 2 is 0.939 bits per heavy atom. The van der Waals surface area contributed by atoms with Crippen LogP contribution in [0.25, 0.3) is 0 Å². The second kappa shape index (κ2) is 15.4. The highest BCUT2D eigenvalue weighted by Gasteiger charge is 2.49. The van der Waals surface area contributed by atoms with Crippen molar-refractivity contribution in [2.24, 2.45) is 0 Å². The third-order valence-corrected chi connectivity index (χ3v) is 9.01. The van der Waals surface area contributed by atoms with Crippen LogP contribution in [0.1, 0.15) is 90.9 Å². The second-order valence-corrected chi connectivity index (χ2v) is 11.4. The first-order chi connectivity index (χ1) is 16.1. The molecule has 33 heavy (non-hydrogen) atoms. The third kappa shape index (κ3) is 9.16. The first kappa shape index (κ1) is 26.8. The van der Waals surface area contributed by atoms with Crippen LogP contribution >= 0.6 is 0 Å². The molecule has 0 bridgehead atoms. The van der Waals surface area contributed by atoms with Gasteiger partial charge in [0.1, 0.15) is 0 Å². The van der Waals surface area contributed by atoms with Crippen molar-refractivity contribution in [1.29, 1.82) is 0 Å². The van der Waals surface area contributed by atoms with Crippen molar-refractivity contribution in [2.75, 3.05) is 0 Å². The van der Waals surface area contributed by atoms with Gasteiger partial charge in [0.05, 0.1) is 0 Å². The predicted octanol–water partition coefficient (Wildman–Crippen LogP) is 6.05. The van der Waals surface area contributed by atoms with Crippen LogP contribution in [0, 0.1) is 0 Å². The van der Waals surface area contributed by atoms with Crippen molar-refractivity contribution in [3.8, 4) is 0 Å². The highest BCUT2D eigenvalue weighted by molar-refractivity contribution is 6.94. The minimum Gasteiger partial charge on any atom is -0.478 e. The van der Waals surface area contributed by atoms with E-state index in [1.165, 1.54) is 12.8 Å². The van der Waals surface area contributed by atoms with E-state index in [1.807, 2.05) is 60.7 Å². The van der Waals surface area contributed by atoms with Crippen LogP contribution in [-0.2, 0) is 18.4 Å². The monoisotopic (exact) mass is 468 g/mol. The summed E-state index contributed by atoms with van der Waals surface area (Å²) in [6.45, 7) is 4.35. The SMILES string of the molecule is CCCCCCCC(=O)O[Si](OC(=O)CCCCCCC)(c1ccccc1)c1ccccc1. The molecule has 0 aliphatic carbocycles. The first-order valence-electron chi connectivity index (χ1n) is 12.7. The summed E-state index contributed by atoms with van der Waals surface area (Å²) in [5, 5.41) is 1.55. The molecule has 2 rings (SSSR count). The van der Waals surface area contributed by atoms with E-state index in [2.05, 4.69) is 13.8 Å². The molecule has 0 heterocycles. The summed E-state index contributed by atoms with van der Waals surface area (Å²) in [6, 6.07) is 19.1. The van der Waals surface area contributed by atoms with E-state index in [0.29, 0.717) is 12.8 Å². The second-order valence-electron chi connectivity index (χ2n) is 8.63. The minimum absolute atomic E-state index is 0.290. The zero-order valence-electron chi connectivity index (χ0n) is 20.4. The Hall–Kier alpha value is -2.40. The van der Waals surface area contributed by atoms with Gasteiger partial charge in [0.2, 0.25) is 0 Å². The number of rotatable bonds is 16. The Bertz CT molecular complexity index is 738. The quantitative estimate of drug-likeness (QED) is 0.222. The molecular weight excluding hydrogens is 428 g/mol. The standard InChI is InChI=1S/C28H40O4Si/c1-3-5-7-9-17-23-27(29)31-33(25-19-13-11-14-20-25,26-21-15-12-16-22-26)32-28(30)24-18-10-8-6-4-2/h11-16,19-22H,3-10,17-18,23-24H2,1-2H3. The van der Waals surface area contributed by atoms with Crippen LogP contribution in [0.4, 0.5) is 0 Å². The molecule has 0 N–H and O–H groups in total. The number of hydrogen-bond acceptors (Lipinski definition) is 4. The van der Waals surface area contributed by atoms with Gasteiger partial charge in [0, 0.05) is 23.2 Å². The molecule has 2 aromatic carbocycles. The van der Waals surface area contributed by atoms with E-state index in [4.69, 9.17) is 8.85 Å². The lowest BCUT2D eigenvalue weighted by molar-refractivity contribution is -0.140. The van der Waals surface area contributed by atoms with Crippen molar-refractivity contribution < 1.29 is 18.4 Å². The fraction of sp³-hybridized carbons (Fsp3) is 0.500. The summed E-state index contributed by atoms with van der Waals surface area (Å²) in [5.74, 6) is -0.580. The average molecular weight is 469 g/mol.